The Morgan fingerprint density at radius 1 is 1.06 bits per heavy atom. The molecule has 1 atom stereocenters. The third-order valence-electron chi connectivity index (χ3n) is 4.68. The summed E-state index contributed by atoms with van der Waals surface area (Å²) in [5.41, 5.74) is 3.22. The Balaban J connectivity index is 1.90. The Labute approximate surface area is 187 Å². The van der Waals surface area contributed by atoms with Gasteiger partial charge in [-0.3, -0.25) is 13.7 Å². The van der Waals surface area contributed by atoms with Gasteiger partial charge in [0.2, 0.25) is 0 Å². The summed E-state index contributed by atoms with van der Waals surface area (Å²) in [7, 11) is -1.09. The fraction of sp³-hybridized carbons (Fsp3) is 0.304. The number of benzene rings is 2. The van der Waals surface area contributed by atoms with E-state index in [-0.39, 0.29) is 11.6 Å². The minimum atomic E-state index is -4.49. The molecule has 1 heterocycles. The first-order chi connectivity index (χ1) is 15.0. The summed E-state index contributed by atoms with van der Waals surface area (Å²) in [4.78, 5) is 12.9. The number of hydrogen-bond donors (Lipinski definition) is 1. The van der Waals surface area contributed by atoms with Crippen LogP contribution in [0.4, 0.5) is 13.2 Å². The lowest BCUT2D eigenvalue weighted by Gasteiger charge is -2.11. The Morgan fingerprint density at radius 2 is 1.72 bits per heavy atom. The lowest BCUT2D eigenvalue weighted by molar-refractivity contribution is -0.123. The van der Waals surface area contributed by atoms with Gasteiger partial charge in [0.05, 0.1) is 5.69 Å². The van der Waals surface area contributed by atoms with Crippen LogP contribution in [0.1, 0.15) is 24.3 Å². The van der Waals surface area contributed by atoms with Gasteiger partial charge in [-0.1, -0.05) is 50.2 Å². The number of aromatic nitrogens is 2. The van der Waals surface area contributed by atoms with Gasteiger partial charge in [-0.15, -0.1) is 0 Å². The normalized spacial score (nSPS) is 12.7. The van der Waals surface area contributed by atoms with Crippen molar-refractivity contribution in [3.05, 3.63) is 60.3 Å². The van der Waals surface area contributed by atoms with Gasteiger partial charge in [0.1, 0.15) is 6.54 Å². The summed E-state index contributed by atoms with van der Waals surface area (Å²) in [6.07, 6.45) is -2.86. The molecule has 3 aromatic rings. The highest BCUT2D eigenvalue weighted by atomic mass is 32.2. The van der Waals surface area contributed by atoms with Gasteiger partial charge in [-0.05, 0) is 40.8 Å². The summed E-state index contributed by atoms with van der Waals surface area (Å²) < 4.78 is 50.7. The fourth-order valence-electron chi connectivity index (χ4n) is 3.20. The van der Waals surface area contributed by atoms with E-state index in [4.69, 9.17) is 0 Å². The molecule has 32 heavy (non-hydrogen) atoms. The van der Waals surface area contributed by atoms with Crippen LogP contribution < -0.4 is 5.32 Å². The molecule has 5 nitrogen and oxygen atoms in total. The van der Waals surface area contributed by atoms with Gasteiger partial charge in [0.15, 0.2) is 5.69 Å². The van der Waals surface area contributed by atoms with Crippen LogP contribution in [0, 0.1) is 5.92 Å². The van der Waals surface area contributed by atoms with Crippen LogP contribution in [-0.2, 0) is 17.3 Å². The standard InChI is InChI=1S/C23H24F3N3O2S/c1-15(2)13-29-21(12-20(28-29)22(30)27-14-23(24,25)26)17-9-7-16(8-10-17)18-5-4-6-19(11-18)32(3)31/h4-12,15H,13-14H2,1-3H3,(H,27,30). The number of hydrogen-bond acceptors (Lipinski definition) is 3. The fourth-order valence-corrected chi connectivity index (χ4v) is 3.77. The molecule has 9 heteroatoms. The third kappa shape index (κ3) is 6.06. The van der Waals surface area contributed by atoms with Gasteiger partial charge in [0, 0.05) is 28.5 Å². The molecule has 0 saturated heterocycles. The van der Waals surface area contributed by atoms with E-state index in [0.717, 1.165) is 21.6 Å². The van der Waals surface area contributed by atoms with Crippen molar-refractivity contribution in [2.75, 3.05) is 12.8 Å². The van der Waals surface area contributed by atoms with Gasteiger partial charge in [-0.2, -0.15) is 18.3 Å². The number of carbonyl (C=O) groups is 1. The second kappa shape index (κ2) is 9.68. The second-order valence-corrected chi connectivity index (χ2v) is 9.23. The molecule has 2 aromatic carbocycles. The molecule has 1 aromatic heterocycles. The molecule has 0 saturated carbocycles. The van der Waals surface area contributed by atoms with Crippen molar-refractivity contribution in [2.24, 2.45) is 5.92 Å². The van der Waals surface area contributed by atoms with E-state index in [9.17, 15) is 22.2 Å². The van der Waals surface area contributed by atoms with Crippen LogP contribution in [0.3, 0.4) is 0 Å². The zero-order valence-corrected chi connectivity index (χ0v) is 18.8. The first kappa shape index (κ1) is 23.7. The van der Waals surface area contributed by atoms with E-state index in [1.165, 1.54) is 6.07 Å². The first-order valence-electron chi connectivity index (χ1n) is 10.0. The lowest BCUT2D eigenvalue weighted by Crippen LogP contribution is -2.34. The quantitative estimate of drug-likeness (QED) is 0.542. The predicted octanol–water partition coefficient (Wildman–Crippen LogP) is 4.90. The molecule has 0 aliphatic heterocycles. The molecule has 1 N–H and O–H groups in total. The van der Waals surface area contributed by atoms with E-state index in [1.54, 1.807) is 10.9 Å². The molecule has 0 aliphatic rings. The number of nitrogens with one attached hydrogen (secondary N) is 1. The first-order valence-corrected chi connectivity index (χ1v) is 11.6. The predicted molar refractivity (Wildman–Crippen MR) is 119 cm³/mol. The minimum Gasteiger partial charge on any atom is -0.342 e. The van der Waals surface area contributed by atoms with Crippen molar-refractivity contribution in [3.8, 4) is 22.4 Å². The van der Waals surface area contributed by atoms with Crippen LogP contribution in [0.2, 0.25) is 0 Å². The Bertz CT molecular complexity index is 1120. The highest BCUT2D eigenvalue weighted by molar-refractivity contribution is 7.84. The number of rotatable bonds is 7. The minimum absolute atomic E-state index is 0.0629. The van der Waals surface area contributed by atoms with Crippen LogP contribution in [0.25, 0.3) is 22.4 Å². The van der Waals surface area contributed by atoms with Crippen molar-refractivity contribution in [1.29, 1.82) is 0 Å². The molecule has 3 rings (SSSR count). The molecule has 0 spiro atoms. The van der Waals surface area contributed by atoms with Crippen LogP contribution in [-0.4, -0.2) is 38.9 Å². The van der Waals surface area contributed by atoms with Crippen molar-refractivity contribution >= 4 is 16.7 Å². The van der Waals surface area contributed by atoms with Crippen molar-refractivity contribution in [2.45, 2.75) is 31.5 Å². The highest BCUT2D eigenvalue weighted by Gasteiger charge is 2.28. The average molecular weight is 464 g/mol. The summed E-state index contributed by atoms with van der Waals surface area (Å²) in [6, 6.07) is 16.5. The Hall–Kier alpha value is -2.94. The van der Waals surface area contributed by atoms with Crippen molar-refractivity contribution in [3.63, 3.8) is 0 Å². The molecular weight excluding hydrogens is 439 g/mol. The number of carbonyl (C=O) groups excluding carboxylic acids is 1. The summed E-state index contributed by atoms with van der Waals surface area (Å²) >= 11 is 0. The van der Waals surface area contributed by atoms with E-state index in [2.05, 4.69) is 5.10 Å². The maximum absolute atomic E-state index is 12.4. The van der Waals surface area contributed by atoms with Gasteiger partial charge in [-0.25, -0.2) is 0 Å². The number of nitrogens with zero attached hydrogens (tertiary/aromatic N) is 2. The number of alkyl halides is 3. The van der Waals surface area contributed by atoms with Gasteiger partial charge < -0.3 is 5.32 Å². The zero-order valence-electron chi connectivity index (χ0n) is 17.9. The van der Waals surface area contributed by atoms with Crippen LogP contribution >= 0.6 is 0 Å². The SMILES string of the molecule is CC(C)Cn1nc(C(=O)NCC(F)(F)F)cc1-c1ccc(-c2cccc(S(C)=O)c2)cc1. The Morgan fingerprint density at radius 3 is 2.31 bits per heavy atom. The molecule has 0 aliphatic carbocycles. The number of amides is 1. The van der Waals surface area contributed by atoms with Gasteiger partial charge in [0.25, 0.3) is 5.91 Å². The summed E-state index contributed by atoms with van der Waals surface area (Å²) in [5, 5.41) is 6.11. The smallest absolute Gasteiger partial charge is 0.342 e. The topological polar surface area (TPSA) is 64.0 Å². The van der Waals surface area contributed by atoms with E-state index in [1.807, 2.05) is 67.7 Å². The maximum Gasteiger partial charge on any atom is 0.405 e. The highest BCUT2D eigenvalue weighted by Crippen LogP contribution is 2.27. The molecule has 0 radical (unpaired) electrons. The zero-order chi connectivity index (χ0) is 23.5. The third-order valence-corrected chi connectivity index (χ3v) is 5.60. The second-order valence-electron chi connectivity index (χ2n) is 7.85. The van der Waals surface area contributed by atoms with Crippen LogP contribution in [0.15, 0.2) is 59.5 Å². The van der Waals surface area contributed by atoms with Gasteiger partial charge >= 0.3 is 6.18 Å². The average Bonchev–Trinajstić information content (AvgIpc) is 3.15. The molecule has 1 amide bonds. The van der Waals surface area contributed by atoms with E-state index in [0.29, 0.717) is 12.2 Å². The maximum atomic E-state index is 12.4. The Kier molecular flexibility index (Phi) is 7.18. The lowest BCUT2D eigenvalue weighted by atomic mass is 10.0. The molecule has 170 valence electrons. The number of halogens is 3. The van der Waals surface area contributed by atoms with Crippen molar-refractivity contribution < 1.29 is 22.2 Å². The molecule has 0 fully saturated rings. The monoisotopic (exact) mass is 463 g/mol. The summed E-state index contributed by atoms with van der Waals surface area (Å²) in [5.74, 6) is -0.649. The summed E-state index contributed by atoms with van der Waals surface area (Å²) in [6.45, 7) is 3.08. The van der Waals surface area contributed by atoms with E-state index >= 15 is 0 Å². The molecular formula is C23H24F3N3O2S. The molecule has 1 unspecified atom stereocenters. The van der Waals surface area contributed by atoms with Crippen molar-refractivity contribution in [1.82, 2.24) is 15.1 Å². The largest absolute Gasteiger partial charge is 0.405 e. The van der Waals surface area contributed by atoms with E-state index < -0.39 is 29.4 Å². The van der Waals surface area contributed by atoms with Crippen LogP contribution in [0.5, 0.6) is 0 Å². The molecule has 0 bridgehead atoms.